The summed E-state index contributed by atoms with van der Waals surface area (Å²) >= 11 is 0. The van der Waals surface area contributed by atoms with Crippen molar-refractivity contribution in [1.82, 2.24) is 4.90 Å². The van der Waals surface area contributed by atoms with Gasteiger partial charge in [-0.2, -0.15) is 0 Å². The van der Waals surface area contributed by atoms with Crippen molar-refractivity contribution in [1.29, 1.82) is 0 Å². The molecule has 0 N–H and O–H groups in total. The van der Waals surface area contributed by atoms with E-state index in [1.807, 2.05) is 11.0 Å². The van der Waals surface area contributed by atoms with E-state index in [-0.39, 0.29) is 28.5 Å². The molecule has 144 valence electrons. The van der Waals surface area contributed by atoms with Crippen molar-refractivity contribution in [2.45, 2.75) is 33.6 Å². The first-order valence-corrected chi connectivity index (χ1v) is 9.98. The number of allylic oxidation sites excluding steroid dienone is 4. The van der Waals surface area contributed by atoms with Crippen LogP contribution in [0.25, 0.3) is 0 Å². The molecule has 0 bridgehead atoms. The maximum absolute atomic E-state index is 13.4. The average molecular weight is 368 g/mol. The number of hydrogen-bond donors (Lipinski definition) is 0. The second kappa shape index (κ2) is 6.50. The van der Waals surface area contributed by atoms with Crippen molar-refractivity contribution in [3.63, 3.8) is 0 Å². The van der Waals surface area contributed by atoms with E-state index < -0.39 is 0 Å². The van der Waals surface area contributed by atoms with E-state index in [4.69, 9.17) is 0 Å². The van der Waals surface area contributed by atoms with Gasteiger partial charge in [-0.3, -0.25) is 4.79 Å². The van der Waals surface area contributed by atoms with Gasteiger partial charge in [-0.25, -0.2) is 4.39 Å². The fourth-order valence-corrected chi connectivity index (χ4v) is 4.80. The molecule has 1 saturated carbocycles. The van der Waals surface area contributed by atoms with E-state index in [0.717, 1.165) is 32.6 Å². The number of carbonyl (C=O) groups excluding carboxylic acids is 1. The Balaban J connectivity index is 1.38. The summed E-state index contributed by atoms with van der Waals surface area (Å²) in [7, 11) is 0. The summed E-state index contributed by atoms with van der Waals surface area (Å²) in [5.74, 6) is 0.185. The van der Waals surface area contributed by atoms with E-state index in [9.17, 15) is 9.18 Å². The van der Waals surface area contributed by atoms with Gasteiger partial charge in [0.25, 0.3) is 0 Å². The second-order valence-electron chi connectivity index (χ2n) is 8.82. The molecule has 27 heavy (non-hydrogen) atoms. The highest BCUT2D eigenvalue weighted by molar-refractivity contribution is 5.83. The van der Waals surface area contributed by atoms with Gasteiger partial charge in [-0.05, 0) is 54.4 Å². The van der Waals surface area contributed by atoms with E-state index in [1.54, 1.807) is 12.2 Å². The lowest BCUT2D eigenvalue weighted by atomic mass is 9.69. The minimum Gasteiger partial charge on any atom is -0.368 e. The number of carbonyl (C=O) groups is 1. The van der Waals surface area contributed by atoms with Gasteiger partial charge in [0.1, 0.15) is 5.83 Å². The maximum atomic E-state index is 13.4. The lowest BCUT2D eigenvalue weighted by molar-refractivity contribution is -0.134. The summed E-state index contributed by atoms with van der Waals surface area (Å²) in [5.41, 5.74) is 2.36. The molecule has 2 aliphatic carbocycles. The molecular formula is C23H29FN2O. The topological polar surface area (TPSA) is 23.6 Å². The number of rotatable bonds is 3. The monoisotopic (exact) mass is 368 g/mol. The molecule has 1 amide bonds. The number of amides is 1. The third-order valence-corrected chi connectivity index (χ3v) is 7.22. The summed E-state index contributed by atoms with van der Waals surface area (Å²) in [5, 5.41) is 0. The molecule has 0 unspecified atom stereocenters. The number of para-hydroxylation sites is 1. The number of hydrogen-bond acceptors (Lipinski definition) is 2. The fraction of sp³-hybridized carbons (Fsp3) is 0.522. The summed E-state index contributed by atoms with van der Waals surface area (Å²) in [6.07, 6.45) is 6.78. The van der Waals surface area contributed by atoms with E-state index >= 15 is 0 Å². The molecule has 3 atom stereocenters. The van der Waals surface area contributed by atoms with Gasteiger partial charge in [0.05, 0.1) is 0 Å². The largest absolute Gasteiger partial charge is 0.368 e. The predicted octanol–water partition coefficient (Wildman–Crippen LogP) is 4.49. The van der Waals surface area contributed by atoms with Crippen LogP contribution in [-0.4, -0.2) is 37.0 Å². The van der Waals surface area contributed by atoms with Gasteiger partial charge in [0.15, 0.2) is 0 Å². The first kappa shape index (κ1) is 18.3. The Bertz CT molecular complexity index is 808. The molecule has 1 saturated heterocycles. The van der Waals surface area contributed by atoms with E-state index in [2.05, 4.69) is 49.9 Å². The zero-order valence-electron chi connectivity index (χ0n) is 16.5. The number of halogens is 1. The van der Waals surface area contributed by atoms with Crippen LogP contribution >= 0.6 is 0 Å². The summed E-state index contributed by atoms with van der Waals surface area (Å²) in [6, 6.07) is 8.44. The highest BCUT2D eigenvalue weighted by atomic mass is 19.1. The lowest BCUT2D eigenvalue weighted by Gasteiger charge is -2.39. The maximum Gasteiger partial charge on any atom is 0.226 e. The first-order valence-electron chi connectivity index (χ1n) is 9.98. The van der Waals surface area contributed by atoms with Gasteiger partial charge >= 0.3 is 0 Å². The quantitative estimate of drug-likeness (QED) is 0.785. The Hall–Kier alpha value is -2.10. The molecule has 4 heteroatoms. The Morgan fingerprint density at radius 1 is 1.15 bits per heavy atom. The number of nitrogens with zero attached hydrogens (tertiary/aromatic N) is 2. The summed E-state index contributed by atoms with van der Waals surface area (Å²) in [6.45, 7) is 9.81. The zero-order valence-corrected chi connectivity index (χ0v) is 16.5. The molecule has 1 aromatic rings. The minimum atomic E-state index is -0.160. The van der Waals surface area contributed by atoms with Crippen LogP contribution < -0.4 is 4.90 Å². The number of aryl methyl sites for hydroxylation is 1. The molecule has 1 aliphatic heterocycles. The Morgan fingerprint density at radius 3 is 2.48 bits per heavy atom. The Kier molecular flexibility index (Phi) is 4.40. The average Bonchev–Trinajstić information content (AvgIpc) is 3.38. The van der Waals surface area contributed by atoms with Crippen LogP contribution in [0.3, 0.4) is 0 Å². The van der Waals surface area contributed by atoms with Crippen LogP contribution in [0.15, 0.2) is 48.3 Å². The Morgan fingerprint density at radius 2 is 1.85 bits per heavy atom. The van der Waals surface area contributed by atoms with Crippen LogP contribution in [0.4, 0.5) is 10.1 Å². The molecular weight excluding hydrogens is 339 g/mol. The third kappa shape index (κ3) is 3.09. The van der Waals surface area contributed by atoms with Crippen LogP contribution in [0.5, 0.6) is 0 Å². The molecule has 0 radical (unpaired) electrons. The van der Waals surface area contributed by atoms with Crippen molar-refractivity contribution in [3.05, 3.63) is 53.9 Å². The van der Waals surface area contributed by atoms with Crippen LogP contribution in [-0.2, 0) is 4.79 Å². The molecule has 0 spiro atoms. The van der Waals surface area contributed by atoms with Gasteiger partial charge in [-0.1, -0.05) is 38.1 Å². The third-order valence-electron chi connectivity index (χ3n) is 7.22. The van der Waals surface area contributed by atoms with E-state index in [0.29, 0.717) is 6.42 Å². The number of benzene rings is 1. The Labute approximate surface area is 161 Å². The molecule has 1 heterocycles. The summed E-state index contributed by atoms with van der Waals surface area (Å²) < 4.78 is 13.4. The van der Waals surface area contributed by atoms with Gasteiger partial charge in [0, 0.05) is 37.8 Å². The van der Waals surface area contributed by atoms with Gasteiger partial charge < -0.3 is 9.80 Å². The van der Waals surface area contributed by atoms with Gasteiger partial charge in [-0.15, -0.1) is 0 Å². The van der Waals surface area contributed by atoms with Crippen LogP contribution in [0, 0.1) is 23.7 Å². The van der Waals surface area contributed by atoms with Crippen LogP contribution in [0.1, 0.15) is 32.3 Å². The molecule has 3 aliphatic rings. The SMILES string of the molecule is Cc1ccccc1N1CCN(C(=O)[C@H]2C[C@]2(C)[C@]2(C)C=CC(F)=CC2)CC1. The van der Waals surface area contributed by atoms with Crippen molar-refractivity contribution >= 4 is 11.6 Å². The highest BCUT2D eigenvalue weighted by Gasteiger charge is 2.63. The zero-order chi connectivity index (χ0) is 19.2. The van der Waals surface area contributed by atoms with Crippen molar-refractivity contribution in [2.75, 3.05) is 31.1 Å². The van der Waals surface area contributed by atoms with Crippen LogP contribution in [0.2, 0.25) is 0 Å². The van der Waals surface area contributed by atoms with Crippen molar-refractivity contribution in [2.24, 2.45) is 16.7 Å². The summed E-state index contributed by atoms with van der Waals surface area (Å²) in [4.78, 5) is 17.5. The van der Waals surface area contributed by atoms with Crippen molar-refractivity contribution in [3.8, 4) is 0 Å². The number of piperazine rings is 1. The van der Waals surface area contributed by atoms with E-state index in [1.165, 1.54) is 11.3 Å². The molecule has 0 aromatic heterocycles. The molecule has 3 nitrogen and oxygen atoms in total. The predicted molar refractivity (Wildman–Crippen MR) is 107 cm³/mol. The molecule has 4 rings (SSSR count). The second-order valence-corrected chi connectivity index (χ2v) is 8.82. The molecule has 2 fully saturated rings. The first-order chi connectivity index (χ1) is 12.8. The minimum absolute atomic E-state index is 0.0618. The highest BCUT2D eigenvalue weighted by Crippen LogP contribution is 2.66. The van der Waals surface area contributed by atoms with Gasteiger partial charge in [0.2, 0.25) is 5.91 Å². The standard InChI is InChI=1S/C23H29FN2O/c1-17-6-4-5-7-20(17)25-12-14-26(15-13-25)21(27)19-16-23(19,3)22(2)10-8-18(24)9-11-22/h4-10,19H,11-16H2,1-3H3/t19-,22-,23+/m1/s1. The smallest absolute Gasteiger partial charge is 0.226 e. The number of anilines is 1. The fourth-order valence-electron chi connectivity index (χ4n) is 4.80. The lowest BCUT2D eigenvalue weighted by Crippen LogP contribution is -2.50. The van der Waals surface area contributed by atoms with Crippen molar-refractivity contribution < 1.29 is 9.18 Å². The molecule has 1 aromatic carbocycles. The normalized spacial score (nSPS) is 33.0.